The maximum absolute atomic E-state index is 10.5. The number of fused-ring (bicyclic) bond motifs is 2. The van der Waals surface area contributed by atoms with E-state index in [1.807, 2.05) is 5.43 Å². The number of para-hydroxylation sites is 2. The molecule has 0 spiro atoms. The summed E-state index contributed by atoms with van der Waals surface area (Å²) in [6.07, 6.45) is -3.52. The third-order valence-electron chi connectivity index (χ3n) is 3.89. The number of nitrogens with one attached hydrogen (secondary N) is 1. The monoisotopic (exact) mass is 356 g/mol. The molecule has 1 fully saturated rings. The van der Waals surface area contributed by atoms with Gasteiger partial charge in [0, 0.05) is 12.4 Å². The maximum Gasteiger partial charge on any atom is 0.207 e. The van der Waals surface area contributed by atoms with Crippen LogP contribution in [-0.2, 0) is 9.47 Å². The molecule has 11 heteroatoms. The topological polar surface area (TPSA) is 151 Å². The molecule has 0 saturated carbocycles. The predicted molar refractivity (Wildman–Crippen MR) is 82.0 cm³/mol. The SMILES string of the molecule is COC1OC2COc3ccccc3OC2C(N=C(N)NN(O)O)C1O. The summed E-state index contributed by atoms with van der Waals surface area (Å²) in [5, 5.41) is 27.7. The number of aliphatic imine (C=N–C) groups is 1. The number of benzene rings is 1. The molecule has 11 nitrogen and oxygen atoms in total. The number of rotatable bonds is 3. The molecule has 2 aliphatic rings. The number of methoxy groups -OCH3 is 1. The molecule has 5 unspecified atom stereocenters. The Morgan fingerprint density at radius 3 is 2.76 bits per heavy atom. The summed E-state index contributed by atoms with van der Waals surface area (Å²) in [5.74, 6) is 0.667. The van der Waals surface area contributed by atoms with Crippen LogP contribution in [0.2, 0.25) is 0 Å². The molecule has 0 bridgehead atoms. The molecule has 25 heavy (non-hydrogen) atoms. The fourth-order valence-corrected chi connectivity index (χ4v) is 2.81. The summed E-state index contributed by atoms with van der Waals surface area (Å²) in [7, 11) is 1.38. The van der Waals surface area contributed by atoms with Crippen LogP contribution in [0.4, 0.5) is 0 Å². The Hall–Kier alpha value is -2.15. The van der Waals surface area contributed by atoms with Gasteiger partial charge in [-0.15, -0.1) is 0 Å². The zero-order chi connectivity index (χ0) is 18.0. The lowest BCUT2D eigenvalue weighted by atomic mass is 9.96. The Kier molecular flexibility index (Phi) is 5.22. The van der Waals surface area contributed by atoms with Crippen LogP contribution in [0.1, 0.15) is 0 Å². The highest BCUT2D eigenvalue weighted by Crippen LogP contribution is 2.36. The van der Waals surface area contributed by atoms with Crippen LogP contribution >= 0.6 is 0 Å². The molecule has 0 radical (unpaired) electrons. The molecule has 1 aromatic rings. The molecule has 0 amide bonds. The largest absolute Gasteiger partial charge is 0.487 e. The molecule has 1 aromatic carbocycles. The zero-order valence-electron chi connectivity index (χ0n) is 13.3. The van der Waals surface area contributed by atoms with Crippen molar-refractivity contribution in [3.05, 3.63) is 24.3 Å². The number of nitrogens with two attached hydrogens (primary N) is 1. The van der Waals surface area contributed by atoms with Crippen LogP contribution in [0.25, 0.3) is 0 Å². The van der Waals surface area contributed by atoms with Gasteiger partial charge in [-0.2, -0.15) is 0 Å². The van der Waals surface area contributed by atoms with E-state index in [4.69, 9.17) is 35.1 Å². The summed E-state index contributed by atoms with van der Waals surface area (Å²) in [6, 6.07) is 6.15. The fourth-order valence-electron chi connectivity index (χ4n) is 2.81. The first kappa shape index (κ1) is 17.7. The van der Waals surface area contributed by atoms with E-state index in [0.717, 1.165) is 0 Å². The summed E-state index contributed by atoms with van der Waals surface area (Å²) in [6.45, 7) is 0.153. The molecular weight excluding hydrogens is 336 g/mol. The number of hydrogen-bond donors (Lipinski definition) is 5. The van der Waals surface area contributed by atoms with Gasteiger partial charge in [0.05, 0.1) is 0 Å². The van der Waals surface area contributed by atoms with Crippen LogP contribution in [0.15, 0.2) is 29.3 Å². The molecule has 2 heterocycles. The third-order valence-corrected chi connectivity index (χ3v) is 3.89. The molecule has 5 atom stereocenters. The minimum absolute atomic E-state index is 0.153. The van der Waals surface area contributed by atoms with Crippen LogP contribution in [0.3, 0.4) is 0 Å². The van der Waals surface area contributed by atoms with Gasteiger partial charge in [0.2, 0.25) is 5.96 Å². The first-order valence-corrected chi connectivity index (χ1v) is 7.52. The van der Waals surface area contributed by atoms with Gasteiger partial charge in [-0.05, 0) is 12.1 Å². The van der Waals surface area contributed by atoms with E-state index >= 15 is 0 Å². The van der Waals surface area contributed by atoms with Gasteiger partial charge < -0.3 is 29.8 Å². The lowest BCUT2D eigenvalue weighted by Crippen LogP contribution is -2.61. The summed E-state index contributed by atoms with van der Waals surface area (Å²) in [5.41, 5.74) is 7.57. The van der Waals surface area contributed by atoms with E-state index < -0.39 is 30.6 Å². The number of guanidine groups is 1. The highest BCUT2D eigenvalue weighted by Gasteiger charge is 2.49. The number of aliphatic hydroxyl groups excluding tert-OH is 1. The maximum atomic E-state index is 10.5. The van der Waals surface area contributed by atoms with Crippen molar-refractivity contribution < 1.29 is 34.5 Å². The van der Waals surface area contributed by atoms with Gasteiger partial charge in [-0.25, -0.2) is 10.4 Å². The van der Waals surface area contributed by atoms with Crippen molar-refractivity contribution in [2.75, 3.05) is 13.7 Å². The third kappa shape index (κ3) is 3.76. The lowest BCUT2D eigenvalue weighted by Gasteiger charge is -2.41. The average molecular weight is 356 g/mol. The van der Waals surface area contributed by atoms with Crippen LogP contribution in [0.5, 0.6) is 11.5 Å². The molecular formula is C14H20N4O7. The van der Waals surface area contributed by atoms with Gasteiger partial charge in [-0.1, -0.05) is 12.1 Å². The van der Waals surface area contributed by atoms with Gasteiger partial charge in [0.15, 0.2) is 23.9 Å². The summed E-state index contributed by atoms with van der Waals surface area (Å²) < 4.78 is 22.5. The number of hydrazine groups is 1. The van der Waals surface area contributed by atoms with Gasteiger partial charge in [0.1, 0.15) is 24.9 Å². The number of ether oxygens (including phenoxy) is 4. The lowest BCUT2D eigenvalue weighted by molar-refractivity contribution is -0.329. The van der Waals surface area contributed by atoms with E-state index in [2.05, 4.69) is 4.99 Å². The molecule has 2 aliphatic heterocycles. The minimum atomic E-state index is -1.21. The molecule has 138 valence electrons. The normalized spacial score (nSPS) is 32.0. The fraction of sp³-hybridized carbons (Fsp3) is 0.500. The summed E-state index contributed by atoms with van der Waals surface area (Å²) in [4.78, 5) is 4.09. The molecule has 6 N–H and O–H groups in total. The van der Waals surface area contributed by atoms with Crippen LogP contribution in [-0.4, -0.2) is 71.2 Å². The van der Waals surface area contributed by atoms with Gasteiger partial charge in [-0.3, -0.25) is 10.4 Å². The molecule has 1 saturated heterocycles. The van der Waals surface area contributed by atoms with E-state index in [1.165, 1.54) is 7.11 Å². The minimum Gasteiger partial charge on any atom is -0.487 e. The number of hydrogen-bond acceptors (Lipinski definition) is 9. The standard InChI is InChI=1S/C14H20N4O7/c1-22-13-11(19)10(16-14(15)17-18(20)21)12-9(25-13)6-23-7-4-2-3-5-8(7)24-12/h2-5,9-13,19-21H,6H2,1H3,(H3,15,16,17). The van der Waals surface area contributed by atoms with E-state index in [-0.39, 0.29) is 17.9 Å². The first-order chi connectivity index (χ1) is 12.0. The predicted octanol–water partition coefficient (Wildman–Crippen LogP) is -1.17. The van der Waals surface area contributed by atoms with Crippen molar-refractivity contribution in [3.8, 4) is 11.5 Å². The van der Waals surface area contributed by atoms with E-state index in [0.29, 0.717) is 11.5 Å². The Labute approximate surface area is 143 Å². The van der Waals surface area contributed by atoms with Crippen LogP contribution in [0, 0.1) is 0 Å². The summed E-state index contributed by atoms with van der Waals surface area (Å²) >= 11 is 0. The first-order valence-electron chi connectivity index (χ1n) is 7.52. The number of aliphatic hydroxyl groups is 1. The molecule has 0 aromatic heterocycles. The highest BCUT2D eigenvalue weighted by molar-refractivity contribution is 5.77. The van der Waals surface area contributed by atoms with Crippen molar-refractivity contribution in [1.29, 1.82) is 0 Å². The quantitative estimate of drug-likeness (QED) is 0.254. The van der Waals surface area contributed by atoms with Crippen molar-refractivity contribution in [2.45, 2.75) is 30.6 Å². The van der Waals surface area contributed by atoms with Crippen molar-refractivity contribution in [2.24, 2.45) is 10.7 Å². The molecule has 0 aliphatic carbocycles. The van der Waals surface area contributed by atoms with E-state index in [9.17, 15) is 5.11 Å². The Morgan fingerprint density at radius 2 is 2.08 bits per heavy atom. The second kappa shape index (κ2) is 7.39. The highest BCUT2D eigenvalue weighted by atomic mass is 16.8. The van der Waals surface area contributed by atoms with Gasteiger partial charge in [0.25, 0.3) is 0 Å². The average Bonchev–Trinajstić information content (AvgIpc) is 2.76. The zero-order valence-corrected chi connectivity index (χ0v) is 13.3. The molecule has 3 rings (SSSR count). The number of nitrogens with zero attached hydrogens (tertiary/aromatic N) is 2. The van der Waals surface area contributed by atoms with Crippen molar-refractivity contribution in [3.63, 3.8) is 0 Å². The van der Waals surface area contributed by atoms with E-state index in [1.54, 1.807) is 24.3 Å². The second-order valence-electron chi connectivity index (χ2n) is 5.52. The van der Waals surface area contributed by atoms with Gasteiger partial charge >= 0.3 is 0 Å². The Balaban J connectivity index is 1.91. The Bertz CT molecular complexity index is 629. The van der Waals surface area contributed by atoms with Crippen LogP contribution < -0.4 is 20.6 Å². The Morgan fingerprint density at radius 1 is 1.36 bits per heavy atom. The smallest absolute Gasteiger partial charge is 0.207 e. The van der Waals surface area contributed by atoms with Crippen molar-refractivity contribution >= 4 is 5.96 Å². The van der Waals surface area contributed by atoms with Crippen molar-refractivity contribution in [1.82, 2.24) is 10.8 Å². The second-order valence-corrected chi connectivity index (χ2v) is 5.52.